The molecule has 0 aliphatic heterocycles. The average Bonchev–Trinajstić information content (AvgIpc) is 2.28. The Balaban J connectivity index is 2.80. The number of hydrogen-bond acceptors (Lipinski definition) is 4. The van der Waals surface area contributed by atoms with Crippen LogP contribution in [0.2, 0.25) is 0 Å². The lowest BCUT2D eigenvalue weighted by Gasteiger charge is -2.07. The Morgan fingerprint density at radius 3 is 2.39 bits per heavy atom. The van der Waals surface area contributed by atoms with Gasteiger partial charge >= 0.3 is 11.9 Å². The molecule has 0 amide bonds. The van der Waals surface area contributed by atoms with Crippen LogP contribution in [0.4, 0.5) is 0 Å². The molecule has 1 aromatic rings. The first-order valence-corrected chi connectivity index (χ1v) is 5.44. The topological polar surface area (TPSA) is 80.7 Å². The molecule has 5 heteroatoms. The second-order valence-electron chi connectivity index (χ2n) is 3.89. The lowest BCUT2D eigenvalue weighted by Crippen LogP contribution is -2.06. The van der Waals surface area contributed by atoms with Crippen molar-refractivity contribution in [1.29, 1.82) is 0 Å². The van der Waals surface area contributed by atoms with Crippen LogP contribution in [0.5, 0.6) is 5.75 Å². The maximum Gasteiger partial charge on any atom is 0.308 e. The maximum atomic E-state index is 11.7. The van der Waals surface area contributed by atoms with Gasteiger partial charge in [0, 0.05) is 18.9 Å². The fourth-order valence-corrected chi connectivity index (χ4v) is 1.46. The highest BCUT2D eigenvalue weighted by Crippen LogP contribution is 2.20. The number of aliphatic carboxylic acids is 1. The SMILES string of the molecule is CC(=O)Oc1ccc(C(=O)CCC(=O)O)cc1C. The molecule has 0 spiro atoms. The molecule has 0 bridgehead atoms. The van der Waals surface area contributed by atoms with Gasteiger partial charge in [0.15, 0.2) is 5.78 Å². The van der Waals surface area contributed by atoms with Crippen LogP contribution < -0.4 is 4.74 Å². The number of hydrogen-bond donors (Lipinski definition) is 1. The molecule has 18 heavy (non-hydrogen) atoms. The zero-order valence-corrected chi connectivity index (χ0v) is 10.2. The molecule has 5 nitrogen and oxygen atoms in total. The lowest BCUT2D eigenvalue weighted by atomic mass is 10.0. The van der Waals surface area contributed by atoms with E-state index in [0.29, 0.717) is 16.9 Å². The first-order chi connectivity index (χ1) is 8.40. The van der Waals surface area contributed by atoms with Gasteiger partial charge in [0.25, 0.3) is 0 Å². The van der Waals surface area contributed by atoms with Crippen LogP contribution in [-0.2, 0) is 9.59 Å². The first kappa shape index (κ1) is 13.9. The number of rotatable bonds is 5. The third-order valence-electron chi connectivity index (χ3n) is 2.32. The molecular weight excluding hydrogens is 236 g/mol. The number of Topliss-reactive ketones (excluding diaryl/α,β-unsaturated/α-hetero) is 1. The fraction of sp³-hybridized carbons (Fsp3) is 0.308. The maximum absolute atomic E-state index is 11.7. The van der Waals surface area contributed by atoms with Gasteiger partial charge in [-0.1, -0.05) is 0 Å². The quantitative estimate of drug-likeness (QED) is 0.491. The largest absolute Gasteiger partial charge is 0.481 e. The summed E-state index contributed by atoms with van der Waals surface area (Å²) in [7, 11) is 0. The summed E-state index contributed by atoms with van der Waals surface area (Å²) in [5.74, 6) is -1.27. The minimum atomic E-state index is -1.00. The van der Waals surface area contributed by atoms with E-state index in [9.17, 15) is 14.4 Å². The van der Waals surface area contributed by atoms with E-state index in [0.717, 1.165) is 0 Å². The second-order valence-corrected chi connectivity index (χ2v) is 3.89. The summed E-state index contributed by atoms with van der Waals surface area (Å²) >= 11 is 0. The van der Waals surface area contributed by atoms with Crippen LogP contribution in [0.25, 0.3) is 0 Å². The molecule has 1 N–H and O–H groups in total. The summed E-state index contributed by atoms with van der Waals surface area (Å²) in [6, 6.07) is 4.64. The van der Waals surface area contributed by atoms with Crippen molar-refractivity contribution in [2.24, 2.45) is 0 Å². The summed E-state index contributed by atoms with van der Waals surface area (Å²) in [5.41, 5.74) is 1.08. The van der Waals surface area contributed by atoms with Gasteiger partial charge in [-0.05, 0) is 30.7 Å². The standard InChI is InChI=1S/C13H14O5/c1-8-7-10(11(15)4-6-13(16)17)3-5-12(8)18-9(2)14/h3,5,7H,4,6H2,1-2H3,(H,16,17). The molecule has 0 atom stereocenters. The molecule has 0 saturated carbocycles. The van der Waals surface area contributed by atoms with Crippen molar-refractivity contribution >= 4 is 17.7 Å². The Hall–Kier alpha value is -2.17. The minimum absolute atomic E-state index is 0.0400. The number of carboxylic acids is 1. The van der Waals surface area contributed by atoms with Crippen LogP contribution in [0, 0.1) is 6.92 Å². The minimum Gasteiger partial charge on any atom is -0.481 e. The highest BCUT2D eigenvalue weighted by atomic mass is 16.5. The van der Waals surface area contributed by atoms with E-state index < -0.39 is 11.9 Å². The smallest absolute Gasteiger partial charge is 0.308 e. The van der Waals surface area contributed by atoms with Crippen LogP contribution in [0.15, 0.2) is 18.2 Å². The van der Waals surface area contributed by atoms with Gasteiger partial charge in [-0.3, -0.25) is 14.4 Å². The van der Waals surface area contributed by atoms with E-state index in [4.69, 9.17) is 9.84 Å². The normalized spacial score (nSPS) is 9.89. The number of esters is 1. The van der Waals surface area contributed by atoms with Crippen molar-refractivity contribution in [3.63, 3.8) is 0 Å². The monoisotopic (exact) mass is 250 g/mol. The third-order valence-corrected chi connectivity index (χ3v) is 2.32. The Labute approximate surface area is 104 Å². The van der Waals surface area contributed by atoms with Gasteiger partial charge in [-0.15, -0.1) is 0 Å². The molecule has 0 fully saturated rings. The number of carbonyl (C=O) groups excluding carboxylic acids is 2. The van der Waals surface area contributed by atoms with E-state index in [1.165, 1.54) is 19.1 Å². The molecule has 0 aliphatic carbocycles. The van der Waals surface area contributed by atoms with Gasteiger partial charge in [0.2, 0.25) is 0 Å². The van der Waals surface area contributed by atoms with Crippen LogP contribution in [-0.4, -0.2) is 22.8 Å². The van der Waals surface area contributed by atoms with Gasteiger partial charge in [0.05, 0.1) is 6.42 Å². The van der Waals surface area contributed by atoms with Crippen molar-refractivity contribution in [2.45, 2.75) is 26.7 Å². The Morgan fingerprint density at radius 2 is 1.89 bits per heavy atom. The van der Waals surface area contributed by atoms with E-state index in [2.05, 4.69) is 0 Å². The molecular formula is C13H14O5. The summed E-state index contributed by atoms with van der Waals surface area (Å²) < 4.78 is 4.93. The summed E-state index contributed by atoms with van der Waals surface area (Å²) in [6.45, 7) is 3.01. The number of ketones is 1. The van der Waals surface area contributed by atoms with E-state index in [1.54, 1.807) is 13.0 Å². The Kier molecular flexibility index (Phi) is 4.59. The first-order valence-electron chi connectivity index (χ1n) is 5.44. The van der Waals surface area contributed by atoms with Crippen LogP contribution in [0.3, 0.4) is 0 Å². The zero-order chi connectivity index (χ0) is 13.7. The van der Waals surface area contributed by atoms with Gasteiger partial charge in [-0.25, -0.2) is 0 Å². The number of aryl methyl sites for hydroxylation is 1. The number of ether oxygens (including phenoxy) is 1. The Bertz CT molecular complexity index is 490. The molecule has 0 aromatic heterocycles. The molecule has 0 radical (unpaired) electrons. The molecule has 0 heterocycles. The number of carboxylic acid groups (broad SMARTS) is 1. The van der Waals surface area contributed by atoms with Crippen molar-refractivity contribution in [1.82, 2.24) is 0 Å². The highest BCUT2D eigenvalue weighted by Gasteiger charge is 2.11. The molecule has 1 aromatic carbocycles. The van der Waals surface area contributed by atoms with Crippen molar-refractivity contribution in [2.75, 3.05) is 0 Å². The van der Waals surface area contributed by atoms with Gasteiger partial charge in [0.1, 0.15) is 5.75 Å². The van der Waals surface area contributed by atoms with Crippen molar-refractivity contribution in [3.05, 3.63) is 29.3 Å². The Morgan fingerprint density at radius 1 is 1.22 bits per heavy atom. The molecule has 0 aliphatic rings. The summed E-state index contributed by atoms with van der Waals surface area (Å²) in [6.07, 6.45) is -0.231. The zero-order valence-electron chi connectivity index (χ0n) is 10.2. The third kappa shape index (κ3) is 4.01. The van der Waals surface area contributed by atoms with Gasteiger partial charge < -0.3 is 9.84 Å². The molecule has 0 unspecified atom stereocenters. The molecule has 1 rings (SSSR count). The molecule has 0 saturated heterocycles. The average molecular weight is 250 g/mol. The van der Waals surface area contributed by atoms with Crippen molar-refractivity contribution < 1.29 is 24.2 Å². The number of benzene rings is 1. The number of carbonyl (C=O) groups is 3. The predicted octanol–water partition coefficient (Wildman–Crippen LogP) is 1.97. The summed E-state index contributed by atoms with van der Waals surface area (Å²) in [4.78, 5) is 32.8. The van der Waals surface area contributed by atoms with E-state index in [-0.39, 0.29) is 18.6 Å². The van der Waals surface area contributed by atoms with Gasteiger partial charge in [-0.2, -0.15) is 0 Å². The van der Waals surface area contributed by atoms with E-state index >= 15 is 0 Å². The van der Waals surface area contributed by atoms with Crippen LogP contribution in [0.1, 0.15) is 35.7 Å². The predicted molar refractivity (Wildman–Crippen MR) is 63.7 cm³/mol. The highest BCUT2D eigenvalue weighted by molar-refractivity contribution is 5.97. The van der Waals surface area contributed by atoms with Crippen molar-refractivity contribution in [3.8, 4) is 5.75 Å². The fourth-order valence-electron chi connectivity index (χ4n) is 1.46. The molecule has 96 valence electrons. The van der Waals surface area contributed by atoms with Crippen LogP contribution >= 0.6 is 0 Å². The summed E-state index contributed by atoms with van der Waals surface area (Å²) in [5, 5.41) is 8.50. The lowest BCUT2D eigenvalue weighted by molar-refractivity contribution is -0.137. The van der Waals surface area contributed by atoms with E-state index in [1.807, 2.05) is 0 Å². The second kappa shape index (κ2) is 5.95.